The van der Waals surface area contributed by atoms with Crippen LogP contribution in [0.5, 0.6) is 0 Å². The lowest BCUT2D eigenvalue weighted by Gasteiger charge is -2.10. The predicted octanol–water partition coefficient (Wildman–Crippen LogP) is 4.00. The van der Waals surface area contributed by atoms with Crippen LogP contribution in [0.4, 0.5) is 5.69 Å². The zero-order chi connectivity index (χ0) is 17.6. The van der Waals surface area contributed by atoms with Crippen molar-refractivity contribution in [3.63, 3.8) is 0 Å². The molecule has 0 aliphatic carbocycles. The van der Waals surface area contributed by atoms with Crippen LogP contribution < -0.4 is 5.32 Å². The second kappa shape index (κ2) is 8.11. The van der Waals surface area contributed by atoms with Crippen molar-refractivity contribution in [3.8, 4) is 0 Å². The molecule has 4 nitrogen and oxygen atoms in total. The van der Waals surface area contributed by atoms with Gasteiger partial charge in [0.15, 0.2) is 9.84 Å². The van der Waals surface area contributed by atoms with Crippen molar-refractivity contribution in [2.45, 2.75) is 37.5 Å². The minimum absolute atomic E-state index is 0.0651. The van der Waals surface area contributed by atoms with Crippen molar-refractivity contribution in [1.29, 1.82) is 0 Å². The Morgan fingerprint density at radius 3 is 2.25 bits per heavy atom. The average molecular weight is 345 g/mol. The van der Waals surface area contributed by atoms with Gasteiger partial charge in [-0.3, -0.25) is 4.79 Å². The number of hydrogen-bond acceptors (Lipinski definition) is 3. The third-order valence-electron chi connectivity index (χ3n) is 4.08. The Balaban J connectivity index is 1.92. The van der Waals surface area contributed by atoms with Gasteiger partial charge in [-0.2, -0.15) is 0 Å². The van der Waals surface area contributed by atoms with Crippen molar-refractivity contribution >= 4 is 21.4 Å². The van der Waals surface area contributed by atoms with Crippen molar-refractivity contribution in [2.24, 2.45) is 0 Å². The molecule has 128 valence electrons. The molecule has 0 saturated carbocycles. The lowest BCUT2D eigenvalue weighted by Crippen LogP contribution is -2.17. The van der Waals surface area contributed by atoms with E-state index in [9.17, 15) is 13.2 Å². The third kappa shape index (κ3) is 4.93. The maximum Gasteiger partial charge on any atom is 0.225 e. The predicted molar refractivity (Wildman–Crippen MR) is 96.9 cm³/mol. The highest BCUT2D eigenvalue weighted by atomic mass is 32.2. The zero-order valence-electron chi connectivity index (χ0n) is 14.0. The van der Waals surface area contributed by atoms with Crippen molar-refractivity contribution < 1.29 is 13.2 Å². The molecule has 0 heterocycles. The van der Waals surface area contributed by atoms with Gasteiger partial charge in [0.2, 0.25) is 5.91 Å². The van der Waals surface area contributed by atoms with Crippen LogP contribution >= 0.6 is 0 Å². The number of hydrogen-bond donors (Lipinski definition) is 1. The number of sulfone groups is 1. The van der Waals surface area contributed by atoms with Crippen molar-refractivity contribution in [3.05, 3.63) is 60.2 Å². The molecule has 0 spiro atoms. The largest absolute Gasteiger partial charge is 0.326 e. The van der Waals surface area contributed by atoms with E-state index in [1.165, 1.54) is 5.56 Å². The molecular formula is C19H23NO3S. The molecule has 0 aliphatic rings. The Morgan fingerprint density at radius 1 is 1.04 bits per heavy atom. The van der Waals surface area contributed by atoms with Crippen LogP contribution in [0.3, 0.4) is 0 Å². The van der Waals surface area contributed by atoms with E-state index < -0.39 is 9.84 Å². The van der Waals surface area contributed by atoms with Crippen LogP contribution in [0.25, 0.3) is 0 Å². The van der Waals surface area contributed by atoms with Crippen LogP contribution in [0.2, 0.25) is 0 Å². The highest BCUT2D eigenvalue weighted by Crippen LogP contribution is 2.20. The molecule has 5 heteroatoms. The molecule has 24 heavy (non-hydrogen) atoms. The number of amides is 1. The first-order valence-electron chi connectivity index (χ1n) is 8.10. The number of carbonyl (C=O) groups excluding carboxylic acids is 1. The summed E-state index contributed by atoms with van der Waals surface area (Å²) in [5.41, 5.74) is 1.91. The monoisotopic (exact) mass is 345 g/mol. The Bertz CT molecular complexity index is 768. The van der Waals surface area contributed by atoms with Gasteiger partial charge in [0, 0.05) is 12.1 Å². The first-order chi connectivity index (χ1) is 11.4. The summed E-state index contributed by atoms with van der Waals surface area (Å²) in [6.45, 7) is 4.29. The van der Waals surface area contributed by atoms with Gasteiger partial charge in [0.05, 0.1) is 10.6 Å². The Labute approximate surface area is 143 Å². The summed E-state index contributed by atoms with van der Waals surface area (Å²) in [7, 11) is -3.43. The molecule has 0 fully saturated rings. The molecule has 0 saturated heterocycles. The molecule has 2 aromatic carbocycles. The summed E-state index contributed by atoms with van der Waals surface area (Å²) in [6.07, 6.45) is 0.993. The number of nitrogens with one attached hydrogen (secondary N) is 1. The number of anilines is 1. The first kappa shape index (κ1) is 18.2. The molecular weight excluding hydrogens is 322 g/mol. The fraction of sp³-hybridized carbons (Fsp3) is 0.316. The lowest BCUT2D eigenvalue weighted by atomic mass is 9.99. The van der Waals surface area contributed by atoms with Gasteiger partial charge in [-0.15, -0.1) is 0 Å². The lowest BCUT2D eigenvalue weighted by molar-refractivity contribution is -0.115. The topological polar surface area (TPSA) is 63.2 Å². The summed E-state index contributed by atoms with van der Waals surface area (Å²) in [6, 6.07) is 15.9. The molecule has 0 aromatic heterocycles. The van der Waals surface area contributed by atoms with Gasteiger partial charge in [-0.1, -0.05) is 44.2 Å². The van der Waals surface area contributed by atoms with E-state index in [4.69, 9.17) is 0 Å². The van der Waals surface area contributed by atoms with E-state index in [1.807, 2.05) is 24.3 Å². The Kier molecular flexibility index (Phi) is 6.15. The molecule has 1 unspecified atom stereocenters. The quantitative estimate of drug-likeness (QED) is 0.825. The number of benzene rings is 2. The van der Waals surface area contributed by atoms with E-state index in [-0.39, 0.29) is 23.0 Å². The van der Waals surface area contributed by atoms with Gasteiger partial charge in [-0.25, -0.2) is 8.42 Å². The van der Waals surface area contributed by atoms with E-state index in [2.05, 4.69) is 19.2 Å². The van der Waals surface area contributed by atoms with Crippen LogP contribution in [0.1, 0.15) is 38.2 Å². The summed E-state index contributed by atoms with van der Waals surface area (Å²) in [4.78, 5) is 12.2. The summed E-state index contributed by atoms with van der Waals surface area (Å²) < 4.78 is 24.3. The van der Waals surface area contributed by atoms with E-state index in [1.54, 1.807) is 30.3 Å². The zero-order valence-corrected chi connectivity index (χ0v) is 14.8. The van der Waals surface area contributed by atoms with Gasteiger partial charge < -0.3 is 5.32 Å². The van der Waals surface area contributed by atoms with Gasteiger partial charge >= 0.3 is 0 Å². The van der Waals surface area contributed by atoms with E-state index in [0.29, 0.717) is 11.6 Å². The summed E-state index contributed by atoms with van der Waals surface area (Å²) >= 11 is 0. The number of carbonyl (C=O) groups is 1. The first-order valence-corrected chi connectivity index (χ1v) is 9.75. The maximum absolute atomic E-state index is 12.2. The summed E-state index contributed by atoms with van der Waals surface area (Å²) in [5.74, 6) is -0.0232. The second-order valence-corrected chi connectivity index (χ2v) is 7.97. The number of rotatable bonds is 7. The SMILES string of the molecule is CCC(C)c1ccc(NC(=O)CCS(=O)(=O)c2ccccc2)cc1. The van der Waals surface area contributed by atoms with Crippen molar-refractivity contribution in [2.75, 3.05) is 11.1 Å². The van der Waals surface area contributed by atoms with E-state index in [0.717, 1.165) is 6.42 Å². The maximum atomic E-state index is 12.2. The van der Waals surface area contributed by atoms with Gasteiger partial charge in [0.25, 0.3) is 0 Å². The highest BCUT2D eigenvalue weighted by Gasteiger charge is 2.16. The third-order valence-corrected chi connectivity index (χ3v) is 5.81. The normalized spacial score (nSPS) is 12.6. The molecule has 1 N–H and O–H groups in total. The minimum Gasteiger partial charge on any atom is -0.326 e. The molecule has 2 aromatic rings. The molecule has 0 aliphatic heterocycles. The molecule has 2 rings (SSSR count). The Morgan fingerprint density at radius 2 is 1.67 bits per heavy atom. The molecule has 1 amide bonds. The van der Waals surface area contributed by atoms with Crippen LogP contribution in [-0.2, 0) is 14.6 Å². The molecule has 1 atom stereocenters. The minimum atomic E-state index is -3.43. The van der Waals surface area contributed by atoms with Crippen LogP contribution in [-0.4, -0.2) is 20.1 Å². The molecule has 0 radical (unpaired) electrons. The second-order valence-electron chi connectivity index (χ2n) is 5.86. The van der Waals surface area contributed by atoms with E-state index >= 15 is 0 Å². The van der Waals surface area contributed by atoms with Gasteiger partial charge in [0.1, 0.15) is 0 Å². The standard InChI is InChI=1S/C19H23NO3S/c1-3-15(2)16-9-11-17(12-10-16)20-19(21)13-14-24(22,23)18-7-5-4-6-8-18/h4-12,15H,3,13-14H2,1-2H3,(H,20,21). The highest BCUT2D eigenvalue weighted by molar-refractivity contribution is 7.91. The molecule has 0 bridgehead atoms. The van der Waals surface area contributed by atoms with Gasteiger partial charge in [-0.05, 0) is 42.2 Å². The fourth-order valence-corrected chi connectivity index (χ4v) is 3.59. The van der Waals surface area contributed by atoms with Crippen molar-refractivity contribution in [1.82, 2.24) is 0 Å². The summed E-state index contributed by atoms with van der Waals surface area (Å²) in [5, 5.41) is 2.75. The Hall–Kier alpha value is -2.14. The van der Waals surface area contributed by atoms with Crippen LogP contribution in [0, 0.1) is 0 Å². The smallest absolute Gasteiger partial charge is 0.225 e. The van der Waals surface area contributed by atoms with Crippen LogP contribution in [0.15, 0.2) is 59.5 Å². The average Bonchev–Trinajstić information content (AvgIpc) is 2.61. The fourth-order valence-electron chi connectivity index (χ4n) is 2.33.